The first kappa shape index (κ1) is 20.9. The van der Waals surface area contributed by atoms with Crippen molar-refractivity contribution in [2.24, 2.45) is 0 Å². The largest absolute Gasteiger partial charge is 0.147 e. The van der Waals surface area contributed by atoms with E-state index in [4.69, 9.17) is 0 Å². The summed E-state index contributed by atoms with van der Waals surface area (Å²) in [5, 5.41) is 2.21. The molecule has 2 aliphatic carbocycles. The fraction of sp³-hybridized carbons (Fsp3) is 0.0909. The highest BCUT2D eigenvalue weighted by Gasteiger charge is 2.41. The molecule has 3 aromatic carbocycles. The lowest BCUT2D eigenvalue weighted by molar-refractivity contribution is 0.759. The van der Waals surface area contributed by atoms with Gasteiger partial charge in [-0.25, -0.2) is 0 Å². The maximum absolute atomic E-state index is 2.36. The minimum Gasteiger partial charge on any atom is -0.147 e. The third-order valence-corrected chi connectivity index (χ3v) is 7.97. The summed E-state index contributed by atoms with van der Waals surface area (Å²) in [5.74, 6) is 0. The topological polar surface area (TPSA) is 0 Å². The molecular weight excluding hydrogens is 428 g/mol. The Bertz CT molecular complexity index is 1380. The Morgan fingerprint density at radius 2 is 1.24 bits per heavy atom. The smallest absolute Gasteiger partial charge is 0.0800 e. The molecular formula is C33H26S. The van der Waals surface area contributed by atoms with Gasteiger partial charge in [-0.2, -0.15) is 0 Å². The van der Waals surface area contributed by atoms with E-state index in [1.807, 2.05) is 11.3 Å². The lowest BCUT2D eigenvalue weighted by Gasteiger charge is -2.38. The summed E-state index contributed by atoms with van der Waals surface area (Å²) in [5.41, 5.74) is 9.07. The van der Waals surface area contributed by atoms with Crippen LogP contribution in [0.25, 0.3) is 11.1 Å². The summed E-state index contributed by atoms with van der Waals surface area (Å²) >= 11 is 1.84. The second kappa shape index (κ2) is 8.93. The molecule has 0 saturated carbocycles. The van der Waals surface area contributed by atoms with Crippen molar-refractivity contribution < 1.29 is 0 Å². The summed E-state index contributed by atoms with van der Waals surface area (Å²) < 4.78 is 0. The Hall–Kier alpha value is -3.68. The van der Waals surface area contributed by atoms with Gasteiger partial charge in [-0.1, -0.05) is 121 Å². The molecule has 0 nitrogen and oxygen atoms in total. The van der Waals surface area contributed by atoms with Crippen LogP contribution < -0.4 is 0 Å². The quantitative estimate of drug-likeness (QED) is 0.255. The van der Waals surface area contributed by atoms with E-state index >= 15 is 0 Å². The first-order chi connectivity index (χ1) is 16.9. The molecule has 34 heavy (non-hydrogen) atoms. The van der Waals surface area contributed by atoms with Gasteiger partial charge in [0.05, 0.1) is 5.41 Å². The second-order valence-corrected chi connectivity index (χ2v) is 9.78. The molecule has 2 aliphatic rings. The van der Waals surface area contributed by atoms with Crippen LogP contribution in [0.2, 0.25) is 0 Å². The third-order valence-electron chi connectivity index (χ3n) is 6.98. The first-order valence-electron chi connectivity index (χ1n) is 11.9. The summed E-state index contributed by atoms with van der Waals surface area (Å²) in [6, 6.07) is 33.5. The van der Waals surface area contributed by atoms with Crippen molar-refractivity contribution >= 4 is 22.5 Å². The van der Waals surface area contributed by atoms with Gasteiger partial charge in [0.2, 0.25) is 0 Å². The van der Waals surface area contributed by atoms with Gasteiger partial charge in [0.25, 0.3) is 0 Å². The van der Waals surface area contributed by atoms with E-state index in [2.05, 4.69) is 133 Å². The molecule has 0 amide bonds. The SMILES string of the molecule is C1=CCC(c2cccc(C(c3ccccc3)(c3ccccc3)c3cccs3)c2C2=CC=CC2)=C1. The molecule has 1 aromatic heterocycles. The van der Waals surface area contributed by atoms with Crippen LogP contribution >= 0.6 is 11.3 Å². The molecule has 0 radical (unpaired) electrons. The average Bonchev–Trinajstić information content (AvgIpc) is 3.70. The summed E-state index contributed by atoms with van der Waals surface area (Å²) in [6.45, 7) is 0. The van der Waals surface area contributed by atoms with E-state index in [0.717, 1.165) is 12.8 Å². The number of hydrogen-bond acceptors (Lipinski definition) is 1. The minimum atomic E-state index is -0.405. The Morgan fingerprint density at radius 1 is 0.588 bits per heavy atom. The highest BCUT2D eigenvalue weighted by molar-refractivity contribution is 7.10. The highest BCUT2D eigenvalue weighted by atomic mass is 32.1. The van der Waals surface area contributed by atoms with Crippen LogP contribution in [-0.2, 0) is 5.41 Å². The van der Waals surface area contributed by atoms with Gasteiger partial charge in [0.15, 0.2) is 0 Å². The van der Waals surface area contributed by atoms with Crippen LogP contribution in [0.4, 0.5) is 0 Å². The normalized spacial score (nSPS) is 14.9. The Labute approximate surface area is 205 Å². The Morgan fingerprint density at radius 3 is 1.79 bits per heavy atom. The van der Waals surface area contributed by atoms with E-state index in [-0.39, 0.29) is 0 Å². The van der Waals surface area contributed by atoms with Crippen LogP contribution in [0.3, 0.4) is 0 Å². The molecule has 0 atom stereocenters. The number of allylic oxidation sites excluding steroid dienone is 8. The van der Waals surface area contributed by atoms with Gasteiger partial charge in [-0.3, -0.25) is 0 Å². The van der Waals surface area contributed by atoms with Crippen LogP contribution in [0.5, 0.6) is 0 Å². The standard InChI is InChI=1S/C33H26S/c1-3-17-27(18-4-1)33(31-23-12-24-34-31,28-19-5-2-6-20-28)30-22-11-21-29(25-13-7-8-14-25)32(30)26-15-9-10-16-26/h1-13,15,17-24H,14,16H2. The molecule has 0 unspecified atom stereocenters. The molecule has 1 heteroatoms. The predicted molar refractivity (Wildman–Crippen MR) is 146 cm³/mol. The van der Waals surface area contributed by atoms with E-state index in [0.29, 0.717) is 0 Å². The van der Waals surface area contributed by atoms with E-state index < -0.39 is 5.41 Å². The van der Waals surface area contributed by atoms with Gasteiger partial charge in [-0.05, 0) is 63.3 Å². The monoisotopic (exact) mass is 454 g/mol. The molecule has 0 bridgehead atoms. The molecule has 0 N–H and O–H groups in total. The maximum Gasteiger partial charge on any atom is 0.0800 e. The van der Waals surface area contributed by atoms with Gasteiger partial charge in [-0.15, -0.1) is 11.3 Å². The van der Waals surface area contributed by atoms with E-state index in [1.54, 1.807) is 0 Å². The molecule has 0 aliphatic heterocycles. The predicted octanol–water partition coefficient (Wildman–Crippen LogP) is 8.82. The van der Waals surface area contributed by atoms with Gasteiger partial charge < -0.3 is 0 Å². The van der Waals surface area contributed by atoms with Crippen molar-refractivity contribution in [3.63, 3.8) is 0 Å². The zero-order valence-corrected chi connectivity index (χ0v) is 19.8. The highest BCUT2D eigenvalue weighted by Crippen LogP contribution is 2.51. The zero-order valence-electron chi connectivity index (χ0n) is 19.0. The number of rotatable bonds is 6. The van der Waals surface area contributed by atoms with Crippen molar-refractivity contribution in [1.29, 1.82) is 0 Å². The third kappa shape index (κ3) is 3.36. The fourth-order valence-electron chi connectivity index (χ4n) is 5.52. The van der Waals surface area contributed by atoms with Crippen LogP contribution in [-0.4, -0.2) is 0 Å². The van der Waals surface area contributed by atoms with Gasteiger partial charge >= 0.3 is 0 Å². The van der Waals surface area contributed by atoms with Crippen LogP contribution in [0, 0.1) is 0 Å². The molecule has 4 aromatic rings. The molecule has 164 valence electrons. The van der Waals surface area contributed by atoms with Crippen molar-refractivity contribution in [3.05, 3.63) is 166 Å². The van der Waals surface area contributed by atoms with Gasteiger partial charge in [0, 0.05) is 4.88 Å². The lowest BCUT2D eigenvalue weighted by atomic mass is 9.65. The number of thiophene rings is 1. The zero-order chi connectivity index (χ0) is 22.8. The molecule has 6 rings (SSSR count). The van der Waals surface area contributed by atoms with Crippen molar-refractivity contribution in [1.82, 2.24) is 0 Å². The molecule has 1 heterocycles. The summed E-state index contributed by atoms with van der Waals surface area (Å²) in [7, 11) is 0. The molecule has 0 spiro atoms. The molecule has 0 fully saturated rings. The van der Waals surface area contributed by atoms with Crippen molar-refractivity contribution in [2.45, 2.75) is 18.3 Å². The summed E-state index contributed by atoms with van der Waals surface area (Å²) in [4.78, 5) is 1.34. The van der Waals surface area contributed by atoms with E-state index in [1.165, 1.54) is 43.8 Å². The number of hydrogen-bond donors (Lipinski definition) is 0. The average molecular weight is 455 g/mol. The maximum atomic E-state index is 2.36. The fourth-order valence-corrected chi connectivity index (χ4v) is 6.50. The Balaban J connectivity index is 1.75. The second-order valence-electron chi connectivity index (χ2n) is 8.84. The Kier molecular flexibility index (Phi) is 5.49. The first-order valence-corrected chi connectivity index (χ1v) is 12.8. The van der Waals surface area contributed by atoms with Crippen LogP contribution in [0.1, 0.15) is 45.5 Å². The number of benzene rings is 3. The van der Waals surface area contributed by atoms with Crippen LogP contribution in [0.15, 0.2) is 133 Å². The minimum absolute atomic E-state index is 0.405. The lowest BCUT2D eigenvalue weighted by Crippen LogP contribution is -2.31. The van der Waals surface area contributed by atoms with E-state index in [9.17, 15) is 0 Å². The molecule has 0 saturated heterocycles. The van der Waals surface area contributed by atoms with Crippen molar-refractivity contribution in [3.8, 4) is 0 Å². The van der Waals surface area contributed by atoms with Gasteiger partial charge in [0.1, 0.15) is 0 Å². The van der Waals surface area contributed by atoms with Crippen molar-refractivity contribution in [2.75, 3.05) is 0 Å². The summed E-state index contributed by atoms with van der Waals surface area (Å²) in [6.07, 6.45) is 15.5.